The first-order valence-corrected chi connectivity index (χ1v) is 12.2. The summed E-state index contributed by atoms with van der Waals surface area (Å²) in [5.41, 5.74) is 1.46. The molecule has 2 aromatic carbocycles. The summed E-state index contributed by atoms with van der Waals surface area (Å²) >= 11 is 7.27. The van der Waals surface area contributed by atoms with Crippen molar-refractivity contribution in [2.45, 2.75) is 33.0 Å². The predicted molar refractivity (Wildman–Crippen MR) is 138 cm³/mol. The first-order chi connectivity index (χ1) is 16.9. The maximum atomic E-state index is 13.2. The zero-order chi connectivity index (χ0) is 24.9. The molecule has 8 nitrogen and oxygen atoms in total. The van der Waals surface area contributed by atoms with Crippen molar-refractivity contribution in [2.24, 2.45) is 0 Å². The van der Waals surface area contributed by atoms with Gasteiger partial charge in [-0.3, -0.25) is 19.0 Å². The molecular weight excluding hydrogens is 488 g/mol. The Morgan fingerprint density at radius 2 is 1.74 bits per heavy atom. The van der Waals surface area contributed by atoms with Gasteiger partial charge in [-0.25, -0.2) is 9.36 Å². The largest absolute Gasteiger partial charge is 0.350 e. The van der Waals surface area contributed by atoms with Crippen LogP contribution in [0.5, 0.6) is 0 Å². The molecule has 2 aromatic heterocycles. The van der Waals surface area contributed by atoms with Crippen LogP contribution < -0.4 is 21.9 Å². The summed E-state index contributed by atoms with van der Waals surface area (Å²) in [6.45, 7) is 1.39. The van der Waals surface area contributed by atoms with Gasteiger partial charge < -0.3 is 10.6 Å². The standard InChI is InChI=1S/C25H23ClN4O4S/c1-2-16-6-5-8-18(12-16)28-22(32)15-29-20-10-11-35-23(20)24(33)30(25(29)34)14-21(31)27-13-17-7-3-4-9-19(17)26/h3-12H,2,13-15H2,1H3,(H,27,31)(H,28,32). The molecular formula is C25H23ClN4O4S. The van der Waals surface area contributed by atoms with Gasteiger partial charge in [-0.05, 0) is 47.2 Å². The molecule has 0 aliphatic heterocycles. The second-order valence-corrected chi connectivity index (χ2v) is 9.19. The van der Waals surface area contributed by atoms with E-state index in [1.165, 1.54) is 4.57 Å². The quantitative estimate of drug-likeness (QED) is 0.379. The molecule has 0 fully saturated rings. The second-order valence-electron chi connectivity index (χ2n) is 7.87. The summed E-state index contributed by atoms with van der Waals surface area (Å²) < 4.78 is 2.36. The Morgan fingerprint density at radius 3 is 2.51 bits per heavy atom. The number of thiophene rings is 1. The van der Waals surface area contributed by atoms with Crippen molar-refractivity contribution in [1.82, 2.24) is 14.5 Å². The number of aromatic nitrogens is 2. The molecule has 180 valence electrons. The van der Waals surface area contributed by atoms with Gasteiger partial charge >= 0.3 is 5.69 Å². The summed E-state index contributed by atoms with van der Waals surface area (Å²) in [4.78, 5) is 51.5. The van der Waals surface area contributed by atoms with E-state index in [1.807, 2.05) is 25.1 Å². The lowest BCUT2D eigenvalue weighted by atomic mass is 10.1. The maximum absolute atomic E-state index is 13.2. The molecule has 0 saturated carbocycles. The second kappa shape index (κ2) is 10.7. The number of nitrogens with one attached hydrogen (secondary N) is 2. The van der Waals surface area contributed by atoms with Crippen LogP contribution in [0.2, 0.25) is 5.02 Å². The zero-order valence-corrected chi connectivity index (χ0v) is 20.5. The highest BCUT2D eigenvalue weighted by atomic mass is 35.5. The van der Waals surface area contributed by atoms with Crippen molar-refractivity contribution in [3.05, 3.63) is 97.0 Å². The summed E-state index contributed by atoms with van der Waals surface area (Å²) in [5.74, 6) is -0.936. The van der Waals surface area contributed by atoms with Crippen molar-refractivity contribution >= 4 is 50.7 Å². The number of nitrogens with zero attached hydrogens (tertiary/aromatic N) is 2. The lowest BCUT2D eigenvalue weighted by molar-refractivity contribution is -0.122. The van der Waals surface area contributed by atoms with Gasteiger partial charge in [-0.1, -0.05) is 48.9 Å². The molecule has 4 rings (SSSR count). The fourth-order valence-electron chi connectivity index (χ4n) is 3.67. The summed E-state index contributed by atoms with van der Waals surface area (Å²) in [6, 6.07) is 16.1. The van der Waals surface area contributed by atoms with E-state index in [0.29, 0.717) is 26.5 Å². The molecule has 10 heteroatoms. The van der Waals surface area contributed by atoms with Crippen molar-refractivity contribution in [3.63, 3.8) is 0 Å². The van der Waals surface area contributed by atoms with E-state index in [-0.39, 0.29) is 13.1 Å². The summed E-state index contributed by atoms with van der Waals surface area (Å²) in [6.07, 6.45) is 0.822. The average Bonchev–Trinajstić information content (AvgIpc) is 3.34. The lowest BCUT2D eigenvalue weighted by Gasteiger charge is -2.13. The molecule has 0 spiro atoms. The Bertz CT molecular complexity index is 1520. The van der Waals surface area contributed by atoms with Gasteiger partial charge in [0.25, 0.3) is 5.56 Å². The van der Waals surface area contributed by atoms with E-state index < -0.39 is 29.6 Å². The number of amides is 2. The van der Waals surface area contributed by atoms with Crippen LogP contribution in [0.25, 0.3) is 10.2 Å². The van der Waals surface area contributed by atoms with Crippen LogP contribution in [-0.2, 0) is 35.6 Å². The number of halogens is 1. The molecule has 4 aromatic rings. The van der Waals surface area contributed by atoms with E-state index in [1.54, 1.807) is 41.8 Å². The van der Waals surface area contributed by atoms with Gasteiger partial charge in [-0.15, -0.1) is 11.3 Å². The van der Waals surface area contributed by atoms with Crippen LogP contribution >= 0.6 is 22.9 Å². The first kappa shape index (κ1) is 24.4. The number of hydrogen-bond donors (Lipinski definition) is 2. The average molecular weight is 511 g/mol. The number of benzene rings is 2. The van der Waals surface area contributed by atoms with E-state index in [2.05, 4.69) is 10.6 Å². The number of anilines is 1. The van der Waals surface area contributed by atoms with Gasteiger partial charge in [0, 0.05) is 17.3 Å². The van der Waals surface area contributed by atoms with Crippen molar-refractivity contribution < 1.29 is 9.59 Å². The first-order valence-electron chi connectivity index (χ1n) is 11.0. The van der Waals surface area contributed by atoms with Crippen LogP contribution in [0.4, 0.5) is 5.69 Å². The molecule has 2 amide bonds. The van der Waals surface area contributed by atoms with Crippen LogP contribution in [0, 0.1) is 0 Å². The minimum absolute atomic E-state index is 0.155. The molecule has 0 aliphatic carbocycles. The highest BCUT2D eigenvalue weighted by molar-refractivity contribution is 7.17. The third kappa shape index (κ3) is 5.52. The van der Waals surface area contributed by atoms with Crippen LogP contribution in [0.3, 0.4) is 0 Å². The molecule has 0 saturated heterocycles. The smallest absolute Gasteiger partial charge is 0.332 e. The summed E-state index contributed by atoms with van der Waals surface area (Å²) in [5, 5.41) is 7.65. The Kier molecular flexibility index (Phi) is 7.48. The SMILES string of the molecule is CCc1cccc(NC(=O)Cn2c(=O)n(CC(=O)NCc3ccccc3Cl)c(=O)c3sccc32)c1. The fraction of sp³-hybridized carbons (Fsp3) is 0.200. The topological polar surface area (TPSA) is 102 Å². The van der Waals surface area contributed by atoms with Gasteiger partial charge in [0.1, 0.15) is 17.8 Å². The molecule has 0 bridgehead atoms. The third-order valence-electron chi connectivity index (χ3n) is 5.49. The Hall–Kier alpha value is -3.69. The molecule has 0 aliphatic rings. The minimum atomic E-state index is -0.730. The number of rotatable bonds is 8. The summed E-state index contributed by atoms with van der Waals surface area (Å²) in [7, 11) is 0. The number of carbonyl (C=O) groups is 2. The van der Waals surface area contributed by atoms with Crippen LogP contribution in [0.1, 0.15) is 18.1 Å². The van der Waals surface area contributed by atoms with Crippen LogP contribution in [-0.4, -0.2) is 20.9 Å². The normalized spacial score (nSPS) is 10.9. The zero-order valence-electron chi connectivity index (χ0n) is 18.9. The number of hydrogen-bond acceptors (Lipinski definition) is 5. The van der Waals surface area contributed by atoms with Gasteiger partial charge in [0.2, 0.25) is 11.8 Å². The lowest BCUT2D eigenvalue weighted by Crippen LogP contribution is -2.44. The third-order valence-corrected chi connectivity index (χ3v) is 6.75. The molecule has 0 radical (unpaired) electrons. The van der Waals surface area contributed by atoms with Gasteiger partial charge in [0.15, 0.2) is 0 Å². The molecule has 0 atom stereocenters. The maximum Gasteiger partial charge on any atom is 0.332 e. The fourth-order valence-corrected chi connectivity index (χ4v) is 4.72. The predicted octanol–water partition coefficient (Wildman–Crippen LogP) is 3.40. The Morgan fingerprint density at radius 1 is 0.971 bits per heavy atom. The van der Waals surface area contributed by atoms with E-state index >= 15 is 0 Å². The van der Waals surface area contributed by atoms with Crippen LogP contribution in [0.15, 0.2) is 69.6 Å². The van der Waals surface area contributed by atoms with Crippen molar-refractivity contribution in [1.29, 1.82) is 0 Å². The van der Waals surface area contributed by atoms with E-state index in [0.717, 1.165) is 27.9 Å². The monoisotopic (exact) mass is 510 g/mol. The highest BCUT2D eigenvalue weighted by Crippen LogP contribution is 2.17. The highest BCUT2D eigenvalue weighted by Gasteiger charge is 2.18. The Balaban J connectivity index is 1.57. The van der Waals surface area contributed by atoms with Crippen molar-refractivity contribution in [3.8, 4) is 0 Å². The Labute approximate surface area is 209 Å². The number of carbonyl (C=O) groups excluding carboxylic acids is 2. The number of fused-ring (bicyclic) bond motifs is 1. The van der Waals surface area contributed by atoms with E-state index in [4.69, 9.17) is 11.6 Å². The minimum Gasteiger partial charge on any atom is -0.350 e. The van der Waals surface area contributed by atoms with E-state index in [9.17, 15) is 19.2 Å². The molecule has 2 heterocycles. The van der Waals surface area contributed by atoms with Gasteiger partial charge in [-0.2, -0.15) is 0 Å². The molecule has 2 N–H and O–H groups in total. The van der Waals surface area contributed by atoms with Gasteiger partial charge in [0.05, 0.1) is 5.52 Å². The molecule has 0 unspecified atom stereocenters. The number of aryl methyl sites for hydroxylation is 1. The molecule has 35 heavy (non-hydrogen) atoms. The van der Waals surface area contributed by atoms with Crippen molar-refractivity contribution in [2.75, 3.05) is 5.32 Å².